The lowest BCUT2D eigenvalue weighted by molar-refractivity contribution is -0.386. The monoisotopic (exact) mass is 718 g/mol. The van der Waals surface area contributed by atoms with Crippen molar-refractivity contribution in [3.63, 3.8) is 0 Å². The predicted octanol–water partition coefficient (Wildman–Crippen LogP) is 8.29. The molecule has 5 aromatic carbocycles. The fourth-order valence-electron chi connectivity index (χ4n) is 5.94. The van der Waals surface area contributed by atoms with Crippen LogP contribution in [0.2, 0.25) is 0 Å². The van der Waals surface area contributed by atoms with E-state index < -0.39 is 23.2 Å². The van der Waals surface area contributed by atoms with E-state index in [-0.39, 0.29) is 30.5 Å². The number of amides is 2. The minimum Gasteiger partial charge on any atom is -0.482 e. The number of hydrogen-bond donors (Lipinski definition) is 3. The zero-order chi connectivity index (χ0) is 37.6. The van der Waals surface area contributed by atoms with E-state index >= 15 is 0 Å². The molecule has 5 rings (SSSR count). The highest BCUT2D eigenvalue weighted by Crippen LogP contribution is 2.33. The molecular weight excluding hydrogens is 676 g/mol. The summed E-state index contributed by atoms with van der Waals surface area (Å²) in [6, 6.07) is 38.8. The Hall–Kier alpha value is -6.24. The lowest BCUT2D eigenvalue weighted by Crippen LogP contribution is -2.30. The number of hydrogen-bond acceptors (Lipinski definition) is 9. The number of nitro groups is 1. The molecule has 0 bridgehead atoms. The first-order valence-electron chi connectivity index (χ1n) is 17.0. The third kappa shape index (κ3) is 11.1. The second-order valence-corrected chi connectivity index (χ2v) is 12.3. The van der Waals surface area contributed by atoms with Gasteiger partial charge in [0.15, 0.2) is 5.75 Å². The van der Waals surface area contributed by atoms with Crippen molar-refractivity contribution < 1.29 is 33.8 Å². The third-order valence-corrected chi connectivity index (χ3v) is 8.71. The Balaban J connectivity index is 1.38. The van der Waals surface area contributed by atoms with Gasteiger partial charge in [0.1, 0.15) is 6.61 Å². The Morgan fingerprint density at radius 2 is 1.25 bits per heavy atom. The van der Waals surface area contributed by atoms with E-state index in [4.69, 9.17) is 14.2 Å². The molecule has 5 aromatic rings. The van der Waals surface area contributed by atoms with E-state index in [1.807, 2.05) is 84.9 Å². The summed E-state index contributed by atoms with van der Waals surface area (Å²) in [4.78, 5) is 37.3. The number of anilines is 2. The molecule has 0 radical (unpaired) electrons. The maximum atomic E-state index is 12.1. The van der Waals surface area contributed by atoms with Crippen LogP contribution >= 0.6 is 0 Å². The molecule has 0 fully saturated rings. The normalized spacial score (nSPS) is 11.5. The molecule has 12 heteroatoms. The fraction of sp³-hybridized carbons (Fsp3) is 0.220. The molecule has 0 aromatic heterocycles. The number of aliphatic hydroxyl groups excluding tert-OH is 1. The van der Waals surface area contributed by atoms with Gasteiger partial charge in [-0.3, -0.25) is 25.6 Å². The first-order valence-corrected chi connectivity index (χ1v) is 17.0. The van der Waals surface area contributed by atoms with Crippen molar-refractivity contribution in [2.75, 3.05) is 37.9 Å². The SMILES string of the molecule is COC(=O)Nc1ccc(C(CCN(Cc2ccccc2)C[C@H](O)c2ccc(OCc3ccccc3)c([N+](=O)[O-])c2)c2ccc(NC(=O)OC)cc2)cc1. The Morgan fingerprint density at radius 1 is 0.736 bits per heavy atom. The highest BCUT2D eigenvalue weighted by atomic mass is 16.6. The number of methoxy groups -OCH3 is 2. The van der Waals surface area contributed by atoms with Gasteiger partial charge in [0.2, 0.25) is 0 Å². The zero-order valence-electron chi connectivity index (χ0n) is 29.5. The van der Waals surface area contributed by atoms with Crippen molar-refractivity contribution in [2.24, 2.45) is 0 Å². The van der Waals surface area contributed by atoms with Crippen LogP contribution in [0.15, 0.2) is 127 Å². The van der Waals surface area contributed by atoms with Crippen molar-refractivity contribution in [1.29, 1.82) is 0 Å². The summed E-state index contributed by atoms with van der Waals surface area (Å²) in [5.74, 6) is 0.00583. The summed E-state index contributed by atoms with van der Waals surface area (Å²) in [7, 11) is 2.60. The van der Waals surface area contributed by atoms with Crippen LogP contribution in [0, 0.1) is 10.1 Å². The molecule has 0 heterocycles. The van der Waals surface area contributed by atoms with Crippen LogP contribution in [0.3, 0.4) is 0 Å². The maximum Gasteiger partial charge on any atom is 0.411 e. The topological polar surface area (TPSA) is 152 Å². The number of rotatable bonds is 16. The number of carbonyl (C=O) groups excluding carboxylic acids is 2. The van der Waals surface area contributed by atoms with Crippen LogP contribution in [0.1, 0.15) is 46.3 Å². The fourth-order valence-corrected chi connectivity index (χ4v) is 5.94. The largest absolute Gasteiger partial charge is 0.482 e. The van der Waals surface area contributed by atoms with Crippen LogP contribution in [0.4, 0.5) is 26.7 Å². The minimum absolute atomic E-state index is 0.119. The quantitative estimate of drug-likeness (QED) is 0.0676. The predicted molar refractivity (Wildman–Crippen MR) is 202 cm³/mol. The Kier molecular flexibility index (Phi) is 13.5. The van der Waals surface area contributed by atoms with Gasteiger partial charge in [-0.25, -0.2) is 9.59 Å². The second-order valence-electron chi connectivity index (χ2n) is 12.3. The molecule has 0 unspecified atom stereocenters. The maximum absolute atomic E-state index is 12.1. The first-order chi connectivity index (χ1) is 25.7. The van der Waals surface area contributed by atoms with Gasteiger partial charge in [0, 0.05) is 36.4 Å². The van der Waals surface area contributed by atoms with Gasteiger partial charge in [0.25, 0.3) is 0 Å². The highest BCUT2D eigenvalue weighted by Gasteiger charge is 2.23. The molecule has 53 heavy (non-hydrogen) atoms. The Morgan fingerprint density at radius 3 is 1.75 bits per heavy atom. The molecule has 12 nitrogen and oxygen atoms in total. The van der Waals surface area contributed by atoms with Crippen LogP contribution in [-0.2, 0) is 22.6 Å². The van der Waals surface area contributed by atoms with E-state index in [1.54, 1.807) is 30.3 Å². The van der Waals surface area contributed by atoms with Gasteiger partial charge in [-0.1, -0.05) is 91.0 Å². The number of nitrogens with zero attached hydrogens (tertiary/aromatic N) is 2. The zero-order valence-corrected chi connectivity index (χ0v) is 29.5. The van der Waals surface area contributed by atoms with E-state index in [1.165, 1.54) is 26.4 Å². The summed E-state index contributed by atoms with van der Waals surface area (Å²) in [6.07, 6.45) is -1.55. The third-order valence-electron chi connectivity index (χ3n) is 8.71. The summed E-state index contributed by atoms with van der Waals surface area (Å²) in [5.41, 5.74) is 5.23. The average molecular weight is 719 g/mol. The molecule has 0 saturated heterocycles. The van der Waals surface area contributed by atoms with E-state index in [2.05, 4.69) is 15.5 Å². The number of ether oxygens (including phenoxy) is 3. The van der Waals surface area contributed by atoms with Crippen LogP contribution in [0.5, 0.6) is 5.75 Å². The van der Waals surface area contributed by atoms with Crippen LogP contribution in [-0.4, -0.2) is 54.4 Å². The molecule has 2 amide bonds. The summed E-state index contributed by atoms with van der Waals surface area (Å²) < 4.78 is 15.2. The molecule has 0 saturated carbocycles. The lowest BCUT2D eigenvalue weighted by Gasteiger charge is -2.28. The van der Waals surface area contributed by atoms with Crippen molar-refractivity contribution in [3.8, 4) is 5.75 Å². The standard InChI is InChI=1S/C41H42N4O8/c1-51-40(47)42-34-18-13-31(14-19-34)36(32-15-20-35(21-16-32)43-41(48)52-2)23-24-44(26-29-9-5-3-6-10-29)27-38(46)33-17-22-39(37(25-33)45(49)50)53-28-30-11-7-4-8-12-30/h3-22,25,36,38,46H,23-24,26-28H2,1-2H3,(H,42,47)(H,43,48)/t38-/m0/s1. The molecule has 0 aliphatic carbocycles. The van der Waals surface area contributed by atoms with Gasteiger partial charge in [-0.2, -0.15) is 0 Å². The molecule has 0 aliphatic heterocycles. The first kappa shape index (κ1) is 38.0. The van der Waals surface area contributed by atoms with Crippen LogP contribution in [0.25, 0.3) is 0 Å². The highest BCUT2D eigenvalue weighted by molar-refractivity contribution is 5.85. The van der Waals surface area contributed by atoms with E-state index in [0.29, 0.717) is 36.4 Å². The summed E-state index contributed by atoms with van der Waals surface area (Å²) in [5, 5.41) is 28.9. The second kappa shape index (κ2) is 18.8. The molecule has 0 spiro atoms. The molecule has 0 aliphatic rings. The number of benzene rings is 5. The molecule has 274 valence electrons. The minimum atomic E-state index is -1.04. The molecule has 1 atom stereocenters. The van der Waals surface area contributed by atoms with E-state index in [0.717, 1.165) is 22.3 Å². The number of carbonyl (C=O) groups is 2. The summed E-state index contributed by atoms with van der Waals surface area (Å²) >= 11 is 0. The lowest BCUT2D eigenvalue weighted by atomic mass is 9.88. The number of nitro benzene ring substituents is 1. The van der Waals surface area contributed by atoms with Gasteiger partial charge < -0.3 is 19.3 Å². The van der Waals surface area contributed by atoms with Gasteiger partial charge in [-0.05, 0) is 71.1 Å². The van der Waals surface area contributed by atoms with Gasteiger partial charge >= 0.3 is 17.9 Å². The van der Waals surface area contributed by atoms with Crippen LogP contribution < -0.4 is 15.4 Å². The van der Waals surface area contributed by atoms with Gasteiger partial charge in [-0.15, -0.1) is 0 Å². The van der Waals surface area contributed by atoms with Crippen molar-refractivity contribution in [2.45, 2.75) is 31.6 Å². The van der Waals surface area contributed by atoms with Gasteiger partial charge in [0.05, 0.1) is 25.2 Å². The van der Waals surface area contributed by atoms with Crippen molar-refractivity contribution in [1.82, 2.24) is 4.90 Å². The Labute approximate surface area is 308 Å². The molecular formula is C41H42N4O8. The van der Waals surface area contributed by atoms with Crippen molar-refractivity contribution >= 4 is 29.2 Å². The number of aliphatic hydroxyl groups is 1. The van der Waals surface area contributed by atoms with Crippen molar-refractivity contribution in [3.05, 3.63) is 165 Å². The molecule has 3 N–H and O–H groups in total. The Bertz CT molecular complexity index is 1880. The smallest absolute Gasteiger partial charge is 0.411 e. The number of nitrogens with one attached hydrogen (secondary N) is 2. The average Bonchev–Trinajstić information content (AvgIpc) is 3.18. The summed E-state index contributed by atoms with van der Waals surface area (Å²) in [6.45, 7) is 1.44. The van der Waals surface area contributed by atoms with E-state index in [9.17, 15) is 24.8 Å².